The van der Waals surface area contributed by atoms with Crippen molar-refractivity contribution < 1.29 is 14.3 Å². The maximum absolute atomic E-state index is 12.8. The molecular formula is C16H17N7O3. The highest BCUT2D eigenvalue weighted by molar-refractivity contribution is 5.92. The van der Waals surface area contributed by atoms with Crippen LogP contribution in [0.5, 0.6) is 11.5 Å². The Morgan fingerprint density at radius 2 is 1.92 bits per heavy atom. The van der Waals surface area contributed by atoms with E-state index in [1.165, 1.54) is 11.0 Å². The fourth-order valence-electron chi connectivity index (χ4n) is 3.03. The lowest BCUT2D eigenvalue weighted by atomic mass is 9.98. The van der Waals surface area contributed by atoms with E-state index in [1.54, 1.807) is 25.2 Å². The maximum atomic E-state index is 12.8. The third-order valence-electron chi connectivity index (χ3n) is 4.38. The second kappa shape index (κ2) is 6.47. The normalized spacial score (nSPS) is 13.4. The molecule has 26 heavy (non-hydrogen) atoms. The molecule has 0 saturated carbocycles. The number of benzene rings is 1. The zero-order valence-corrected chi connectivity index (χ0v) is 14.3. The molecule has 0 aliphatic carbocycles. The summed E-state index contributed by atoms with van der Waals surface area (Å²) in [6.07, 6.45) is 2.16. The third kappa shape index (κ3) is 2.75. The number of fused-ring (bicyclic) bond motifs is 1. The number of amides is 1. The lowest BCUT2D eigenvalue weighted by molar-refractivity contribution is 0.0728. The summed E-state index contributed by atoms with van der Waals surface area (Å²) in [6.45, 7) is 1.11. The average molecular weight is 355 g/mol. The van der Waals surface area contributed by atoms with Crippen LogP contribution >= 0.6 is 0 Å². The van der Waals surface area contributed by atoms with Crippen molar-refractivity contribution >= 4 is 5.91 Å². The van der Waals surface area contributed by atoms with Crippen LogP contribution in [0.3, 0.4) is 0 Å². The van der Waals surface area contributed by atoms with Crippen molar-refractivity contribution in [2.45, 2.75) is 13.0 Å². The van der Waals surface area contributed by atoms with Crippen molar-refractivity contribution in [3.05, 3.63) is 41.3 Å². The van der Waals surface area contributed by atoms with Gasteiger partial charge in [-0.3, -0.25) is 9.89 Å². The molecule has 0 atom stereocenters. The highest BCUT2D eigenvalue weighted by Crippen LogP contribution is 2.33. The largest absolute Gasteiger partial charge is 0.493 e. The standard InChI is InChI=1S/C16H17N7O3/c1-25-13-5-10-3-4-22(8-11(10)6-14(13)26-2)16(24)12-7-15(19-18-12)23-9-17-20-21-23/h5-7,9H,3-4,8H2,1-2H3,(H,18,19). The quantitative estimate of drug-likeness (QED) is 0.729. The molecule has 10 heteroatoms. The van der Waals surface area contributed by atoms with Gasteiger partial charge in [0, 0.05) is 19.2 Å². The molecule has 0 fully saturated rings. The van der Waals surface area contributed by atoms with E-state index in [0.29, 0.717) is 36.1 Å². The minimum absolute atomic E-state index is 0.128. The van der Waals surface area contributed by atoms with Crippen LogP contribution in [0.25, 0.3) is 5.82 Å². The summed E-state index contributed by atoms with van der Waals surface area (Å²) in [5.41, 5.74) is 2.59. The van der Waals surface area contributed by atoms with Gasteiger partial charge in [-0.05, 0) is 40.1 Å². The van der Waals surface area contributed by atoms with Crippen LogP contribution in [-0.4, -0.2) is 62.0 Å². The Bertz CT molecular complexity index is 935. The molecule has 0 saturated heterocycles. The molecule has 1 N–H and O–H groups in total. The zero-order valence-electron chi connectivity index (χ0n) is 14.3. The Labute approximate surface area is 148 Å². The molecule has 134 valence electrons. The second-order valence-electron chi connectivity index (χ2n) is 5.85. The molecule has 0 spiro atoms. The fourth-order valence-corrected chi connectivity index (χ4v) is 3.03. The minimum Gasteiger partial charge on any atom is -0.493 e. The predicted octanol–water partition coefficient (Wildman–Crippen LogP) is 0.601. The van der Waals surface area contributed by atoms with Gasteiger partial charge in [-0.2, -0.15) is 9.78 Å². The van der Waals surface area contributed by atoms with Crippen LogP contribution in [0.2, 0.25) is 0 Å². The number of hydrogen-bond donors (Lipinski definition) is 1. The van der Waals surface area contributed by atoms with Crippen molar-refractivity contribution in [1.29, 1.82) is 0 Å². The Balaban J connectivity index is 1.56. The van der Waals surface area contributed by atoms with Crippen LogP contribution in [0.1, 0.15) is 21.6 Å². The summed E-state index contributed by atoms with van der Waals surface area (Å²) in [6, 6.07) is 5.53. The summed E-state index contributed by atoms with van der Waals surface area (Å²) in [5.74, 6) is 1.69. The molecule has 1 aliphatic rings. The van der Waals surface area contributed by atoms with Gasteiger partial charge >= 0.3 is 0 Å². The maximum Gasteiger partial charge on any atom is 0.272 e. The van der Waals surface area contributed by atoms with Gasteiger partial charge in [0.25, 0.3) is 5.91 Å². The van der Waals surface area contributed by atoms with Gasteiger partial charge in [0.05, 0.1) is 14.2 Å². The minimum atomic E-state index is -0.128. The van der Waals surface area contributed by atoms with Crippen molar-refractivity contribution in [3.8, 4) is 17.3 Å². The number of rotatable bonds is 4. The number of tetrazole rings is 1. The van der Waals surface area contributed by atoms with Gasteiger partial charge in [0.2, 0.25) is 0 Å². The summed E-state index contributed by atoms with van der Waals surface area (Å²) in [7, 11) is 3.21. The first-order valence-corrected chi connectivity index (χ1v) is 8.01. The first-order chi connectivity index (χ1) is 12.7. The molecule has 0 unspecified atom stereocenters. The zero-order chi connectivity index (χ0) is 18.1. The molecule has 3 heterocycles. The number of hydrogen-bond acceptors (Lipinski definition) is 7. The molecule has 1 aromatic carbocycles. The highest BCUT2D eigenvalue weighted by Gasteiger charge is 2.25. The van der Waals surface area contributed by atoms with Gasteiger partial charge in [-0.25, -0.2) is 0 Å². The number of carbonyl (C=O) groups is 1. The van der Waals surface area contributed by atoms with E-state index < -0.39 is 0 Å². The van der Waals surface area contributed by atoms with Gasteiger partial charge in [-0.15, -0.1) is 5.10 Å². The number of nitrogens with zero attached hydrogens (tertiary/aromatic N) is 6. The van der Waals surface area contributed by atoms with E-state index in [0.717, 1.165) is 17.5 Å². The van der Waals surface area contributed by atoms with Gasteiger partial charge < -0.3 is 14.4 Å². The summed E-state index contributed by atoms with van der Waals surface area (Å²) < 4.78 is 12.1. The van der Waals surface area contributed by atoms with Crippen LogP contribution < -0.4 is 9.47 Å². The highest BCUT2D eigenvalue weighted by atomic mass is 16.5. The number of methoxy groups -OCH3 is 2. The monoisotopic (exact) mass is 355 g/mol. The SMILES string of the molecule is COc1cc2c(cc1OC)CN(C(=O)c1cc(-n3cnnn3)n[nH]1)CC2. The first kappa shape index (κ1) is 16.1. The van der Waals surface area contributed by atoms with Crippen molar-refractivity contribution in [2.24, 2.45) is 0 Å². The van der Waals surface area contributed by atoms with Crippen LogP contribution in [-0.2, 0) is 13.0 Å². The van der Waals surface area contributed by atoms with Crippen molar-refractivity contribution in [3.63, 3.8) is 0 Å². The number of ether oxygens (including phenoxy) is 2. The number of aromatic amines is 1. The molecule has 0 radical (unpaired) electrons. The van der Waals surface area contributed by atoms with Gasteiger partial charge in [-0.1, -0.05) is 0 Å². The van der Waals surface area contributed by atoms with E-state index in [1.807, 2.05) is 12.1 Å². The van der Waals surface area contributed by atoms with Crippen LogP contribution in [0.4, 0.5) is 0 Å². The van der Waals surface area contributed by atoms with E-state index in [-0.39, 0.29) is 5.91 Å². The summed E-state index contributed by atoms with van der Waals surface area (Å²) in [4.78, 5) is 14.6. The van der Waals surface area contributed by atoms with Crippen LogP contribution in [0.15, 0.2) is 24.5 Å². The summed E-state index contributed by atoms with van der Waals surface area (Å²) in [5, 5.41) is 17.7. The third-order valence-corrected chi connectivity index (χ3v) is 4.38. The van der Waals surface area contributed by atoms with Crippen molar-refractivity contribution in [1.82, 2.24) is 35.3 Å². The van der Waals surface area contributed by atoms with E-state index in [4.69, 9.17) is 9.47 Å². The van der Waals surface area contributed by atoms with Crippen molar-refractivity contribution in [2.75, 3.05) is 20.8 Å². The smallest absolute Gasteiger partial charge is 0.272 e. The number of carbonyl (C=O) groups excluding carboxylic acids is 1. The average Bonchev–Trinajstić information content (AvgIpc) is 3.37. The fraction of sp³-hybridized carbons (Fsp3) is 0.312. The van der Waals surface area contributed by atoms with Gasteiger partial charge in [0.15, 0.2) is 17.3 Å². The Morgan fingerprint density at radius 1 is 1.15 bits per heavy atom. The molecular weight excluding hydrogens is 338 g/mol. The van der Waals surface area contributed by atoms with E-state index in [2.05, 4.69) is 25.7 Å². The Morgan fingerprint density at radius 3 is 2.62 bits per heavy atom. The number of aromatic nitrogens is 6. The lowest BCUT2D eigenvalue weighted by Gasteiger charge is -2.29. The molecule has 3 aromatic rings. The van der Waals surface area contributed by atoms with Gasteiger partial charge in [0.1, 0.15) is 12.0 Å². The molecule has 10 nitrogen and oxygen atoms in total. The van der Waals surface area contributed by atoms with E-state index >= 15 is 0 Å². The topological polar surface area (TPSA) is 111 Å². The second-order valence-corrected chi connectivity index (χ2v) is 5.85. The van der Waals surface area contributed by atoms with Crippen LogP contribution in [0, 0.1) is 0 Å². The Hall–Kier alpha value is -3.43. The lowest BCUT2D eigenvalue weighted by Crippen LogP contribution is -2.36. The number of nitrogens with one attached hydrogen (secondary N) is 1. The number of H-pyrrole nitrogens is 1. The molecule has 2 aromatic heterocycles. The molecule has 0 bridgehead atoms. The molecule has 1 aliphatic heterocycles. The predicted molar refractivity (Wildman–Crippen MR) is 89.3 cm³/mol. The molecule has 1 amide bonds. The van der Waals surface area contributed by atoms with E-state index in [9.17, 15) is 4.79 Å². The molecule has 4 rings (SSSR count). The Kier molecular flexibility index (Phi) is 3.99. The summed E-state index contributed by atoms with van der Waals surface area (Å²) >= 11 is 0. The first-order valence-electron chi connectivity index (χ1n) is 8.01.